The van der Waals surface area contributed by atoms with E-state index in [1.807, 2.05) is 0 Å². The lowest BCUT2D eigenvalue weighted by Gasteiger charge is -2.28. The van der Waals surface area contributed by atoms with Gasteiger partial charge in [-0.15, -0.1) is 11.3 Å². The van der Waals surface area contributed by atoms with Crippen molar-refractivity contribution in [3.8, 4) is 0 Å². The molecule has 2 N–H and O–H groups in total. The highest BCUT2D eigenvalue weighted by molar-refractivity contribution is 7.17. The van der Waals surface area contributed by atoms with E-state index in [9.17, 15) is 5.11 Å². The number of rotatable bonds is 3. The van der Waals surface area contributed by atoms with Crippen LogP contribution in [0.5, 0.6) is 0 Å². The number of hydrogen-bond acceptors (Lipinski definition) is 3. The Kier molecular flexibility index (Phi) is 3.64. The van der Waals surface area contributed by atoms with Crippen molar-refractivity contribution >= 4 is 21.4 Å². The van der Waals surface area contributed by atoms with E-state index in [-0.39, 0.29) is 12.1 Å². The molecule has 0 aliphatic carbocycles. The van der Waals surface area contributed by atoms with Crippen molar-refractivity contribution < 1.29 is 5.11 Å². The Labute approximate surface area is 112 Å². The molecule has 0 saturated carbocycles. The first-order chi connectivity index (χ1) is 8.84. The van der Waals surface area contributed by atoms with Gasteiger partial charge in [0.15, 0.2) is 0 Å². The summed E-state index contributed by atoms with van der Waals surface area (Å²) in [6.07, 6.45) is 4.08. The van der Waals surface area contributed by atoms with Crippen molar-refractivity contribution in [3.63, 3.8) is 0 Å². The molecule has 1 fully saturated rings. The summed E-state index contributed by atoms with van der Waals surface area (Å²) in [5.41, 5.74) is 1.29. The van der Waals surface area contributed by atoms with Crippen LogP contribution in [0.15, 0.2) is 29.6 Å². The van der Waals surface area contributed by atoms with Crippen molar-refractivity contribution in [1.82, 2.24) is 5.32 Å². The molecule has 2 unspecified atom stereocenters. The van der Waals surface area contributed by atoms with Gasteiger partial charge >= 0.3 is 0 Å². The van der Waals surface area contributed by atoms with Gasteiger partial charge in [0.25, 0.3) is 0 Å². The molecule has 18 heavy (non-hydrogen) atoms. The number of hydrogen-bond donors (Lipinski definition) is 2. The Hall–Kier alpha value is -0.900. The molecule has 1 aromatic heterocycles. The maximum atomic E-state index is 10.3. The van der Waals surface area contributed by atoms with E-state index in [0.29, 0.717) is 0 Å². The summed E-state index contributed by atoms with van der Waals surface area (Å²) < 4.78 is 1.32. The summed E-state index contributed by atoms with van der Waals surface area (Å²) >= 11 is 1.77. The van der Waals surface area contributed by atoms with E-state index in [0.717, 1.165) is 19.4 Å². The fourth-order valence-electron chi connectivity index (χ4n) is 2.77. The SMILES string of the molecule is OC(Cc1csc2ccccc12)C1CCCCN1. The standard InChI is InChI=1S/C15H19NOS/c17-14(13-6-3-4-8-16-13)9-11-10-18-15-7-2-1-5-12(11)15/h1-2,5,7,10,13-14,16-17H,3-4,6,8-9H2. The van der Waals surface area contributed by atoms with Gasteiger partial charge in [-0.2, -0.15) is 0 Å². The third-order valence-corrected chi connectivity index (χ3v) is 4.82. The molecule has 3 rings (SSSR count). The summed E-state index contributed by atoms with van der Waals surface area (Å²) in [6, 6.07) is 8.72. The van der Waals surface area contributed by atoms with E-state index in [4.69, 9.17) is 0 Å². The maximum absolute atomic E-state index is 10.3. The molecule has 2 heterocycles. The minimum absolute atomic E-state index is 0.261. The predicted molar refractivity (Wildman–Crippen MR) is 77.2 cm³/mol. The van der Waals surface area contributed by atoms with Gasteiger partial charge in [-0.05, 0) is 41.8 Å². The van der Waals surface area contributed by atoms with Gasteiger partial charge in [0.2, 0.25) is 0 Å². The quantitative estimate of drug-likeness (QED) is 0.890. The van der Waals surface area contributed by atoms with Crippen LogP contribution in [0.1, 0.15) is 24.8 Å². The molecule has 2 aromatic rings. The molecule has 1 saturated heterocycles. The average Bonchev–Trinajstić information content (AvgIpc) is 2.83. The highest BCUT2D eigenvalue weighted by atomic mass is 32.1. The first-order valence-corrected chi connectivity index (χ1v) is 7.59. The van der Waals surface area contributed by atoms with Crippen LogP contribution >= 0.6 is 11.3 Å². The predicted octanol–water partition coefficient (Wildman–Crippen LogP) is 2.95. The van der Waals surface area contributed by atoms with Crippen LogP contribution < -0.4 is 5.32 Å². The number of benzene rings is 1. The van der Waals surface area contributed by atoms with E-state index < -0.39 is 0 Å². The topological polar surface area (TPSA) is 32.3 Å². The number of nitrogens with one attached hydrogen (secondary N) is 1. The maximum Gasteiger partial charge on any atom is 0.0733 e. The summed E-state index contributed by atoms with van der Waals surface area (Å²) in [5, 5.41) is 17.3. The van der Waals surface area contributed by atoms with Gasteiger partial charge < -0.3 is 10.4 Å². The molecule has 0 radical (unpaired) electrons. The van der Waals surface area contributed by atoms with Crippen molar-refractivity contribution in [2.24, 2.45) is 0 Å². The molecule has 3 heteroatoms. The molecule has 2 nitrogen and oxygen atoms in total. The normalized spacial score (nSPS) is 22.2. The minimum atomic E-state index is -0.261. The van der Waals surface area contributed by atoms with Crippen LogP contribution in [0.3, 0.4) is 0 Å². The molecule has 1 aliphatic rings. The number of fused-ring (bicyclic) bond motifs is 1. The molecule has 2 atom stereocenters. The van der Waals surface area contributed by atoms with Gasteiger partial charge in [0.1, 0.15) is 0 Å². The zero-order valence-electron chi connectivity index (χ0n) is 10.4. The van der Waals surface area contributed by atoms with Crippen LogP contribution in [-0.2, 0) is 6.42 Å². The number of aliphatic hydroxyl groups excluding tert-OH is 1. The zero-order chi connectivity index (χ0) is 12.4. The Morgan fingerprint density at radius 1 is 1.33 bits per heavy atom. The van der Waals surface area contributed by atoms with E-state index in [2.05, 4.69) is 35.0 Å². The van der Waals surface area contributed by atoms with Gasteiger partial charge in [-0.3, -0.25) is 0 Å². The Morgan fingerprint density at radius 3 is 3.06 bits per heavy atom. The van der Waals surface area contributed by atoms with Gasteiger partial charge in [-0.1, -0.05) is 24.6 Å². The van der Waals surface area contributed by atoms with E-state index >= 15 is 0 Å². The largest absolute Gasteiger partial charge is 0.391 e. The van der Waals surface area contributed by atoms with Crippen molar-refractivity contribution in [3.05, 3.63) is 35.2 Å². The first kappa shape index (κ1) is 12.2. The Morgan fingerprint density at radius 2 is 2.22 bits per heavy atom. The minimum Gasteiger partial charge on any atom is -0.391 e. The van der Waals surface area contributed by atoms with Crippen molar-refractivity contribution in [2.75, 3.05) is 6.54 Å². The zero-order valence-corrected chi connectivity index (χ0v) is 11.2. The van der Waals surface area contributed by atoms with Gasteiger partial charge in [0.05, 0.1) is 6.10 Å². The van der Waals surface area contributed by atoms with Crippen molar-refractivity contribution in [2.45, 2.75) is 37.8 Å². The average molecular weight is 261 g/mol. The molecule has 96 valence electrons. The third kappa shape index (κ3) is 2.44. The first-order valence-electron chi connectivity index (χ1n) is 6.71. The van der Waals surface area contributed by atoms with Crippen LogP contribution in [0.25, 0.3) is 10.1 Å². The summed E-state index contributed by atoms with van der Waals surface area (Å²) in [5.74, 6) is 0. The lowest BCUT2D eigenvalue weighted by atomic mass is 9.95. The lowest BCUT2D eigenvalue weighted by Crippen LogP contribution is -2.43. The number of piperidine rings is 1. The molecule has 1 aromatic carbocycles. The highest BCUT2D eigenvalue weighted by Gasteiger charge is 2.22. The highest BCUT2D eigenvalue weighted by Crippen LogP contribution is 2.27. The Bertz CT molecular complexity index is 516. The number of thiophene rings is 1. The molecular weight excluding hydrogens is 242 g/mol. The van der Waals surface area contributed by atoms with Crippen LogP contribution in [0.2, 0.25) is 0 Å². The van der Waals surface area contributed by atoms with E-state index in [1.54, 1.807) is 11.3 Å². The van der Waals surface area contributed by atoms with Crippen molar-refractivity contribution in [1.29, 1.82) is 0 Å². The fraction of sp³-hybridized carbons (Fsp3) is 0.467. The van der Waals surface area contributed by atoms with Crippen LogP contribution in [0.4, 0.5) is 0 Å². The summed E-state index contributed by atoms with van der Waals surface area (Å²) in [6.45, 7) is 1.05. The smallest absolute Gasteiger partial charge is 0.0733 e. The molecule has 0 bridgehead atoms. The second-order valence-corrected chi connectivity index (χ2v) is 6.00. The molecular formula is C15H19NOS. The molecule has 0 spiro atoms. The molecule has 0 amide bonds. The van der Waals surface area contributed by atoms with Crippen LogP contribution in [-0.4, -0.2) is 23.8 Å². The lowest BCUT2D eigenvalue weighted by molar-refractivity contribution is 0.113. The molecule has 1 aliphatic heterocycles. The van der Waals surface area contributed by atoms with Crippen LogP contribution in [0, 0.1) is 0 Å². The summed E-state index contributed by atoms with van der Waals surface area (Å²) in [4.78, 5) is 0. The van der Waals surface area contributed by atoms with Gasteiger partial charge in [0, 0.05) is 17.2 Å². The third-order valence-electron chi connectivity index (χ3n) is 3.80. The second-order valence-electron chi connectivity index (χ2n) is 5.08. The second kappa shape index (κ2) is 5.39. The Balaban J connectivity index is 1.75. The summed E-state index contributed by atoms with van der Waals surface area (Å²) in [7, 11) is 0. The number of aliphatic hydroxyl groups is 1. The monoisotopic (exact) mass is 261 g/mol. The van der Waals surface area contributed by atoms with Gasteiger partial charge in [-0.25, -0.2) is 0 Å². The fourth-order valence-corrected chi connectivity index (χ4v) is 3.74. The van der Waals surface area contributed by atoms with E-state index in [1.165, 1.54) is 28.5 Å².